The number of aromatic nitrogens is 1. The van der Waals surface area contributed by atoms with E-state index in [0.717, 1.165) is 0 Å². The molecule has 2 heterocycles. The molecule has 2 aromatic carbocycles. The van der Waals surface area contributed by atoms with Crippen molar-refractivity contribution in [2.75, 3.05) is 0 Å². The van der Waals surface area contributed by atoms with Crippen molar-refractivity contribution < 1.29 is 4.57 Å². The molecule has 0 spiro atoms. The first-order valence-corrected chi connectivity index (χ1v) is 8.81. The monoisotopic (exact) mass is 300 g/mol. The molecule has 0 saturated heterocycles. The van der Waals surface area contributed by atoms with Gasteiger partial charge in [-0.25, -0.2) is 0 Å². The Labute approximate surface area is 137 Å². The van der Waals surface area contributed by atoms with Crippen molar-refractivity contribution in [2.45, 2.75) is 44.1 Å². The second-order valence-electron chi connectivity index (χ2n) is 7.16. The van der Waals surface area contributed by atoms with E-state index in [4.69, 9.17) is 0 Å². The Morgan fingerprint density at radius 1 is 0.870 bits per heavy atom. The third-order valence-electron chi connectivity index (χ3n) is 6.53. The lowest BCUT2D eigenvalue weighted by Crippen LogP contribution is -2.55. The van der Waals surface area contributed by atoms with Gasteiger partial charge in [0.05, 0.1) is 11.0 Å². The van der Waals surface area contributed by atoms with Gasteiger partial charge in [0, 0.05) is 30.4 Å². The van der Waals surface area contributed by atoms with E-state index < -0.39 is 0 Å². The van der Waals surface area contributed by atoms with Crippen molar-refractivity contribution in [2.24, 2.45) is 0 Å². The molecule has 1 aliphatic carbocycles. The molecule has 1 aliphatic heterocycles. The van der Waals surface area contributed by atoms with Crippen molar-refractivity contribution >= 4 is 10.9 Å². The standard InChI is InChI=1S/C22H22N/c1-3-21-15-22(21,4-2)23-19-12-8-5-9-16(19)13-14-20(23)17-10-6-7-11-18(17)21/h5-14H,3-4,15H2,1-2H3/q+1. The topological polar surface area (TPSA) is 3.88 Å². The molecule has 1 nitrogen and oxygen atoms in total. The quantitative estimate of drug-likeness (QED) is 0.589. The van der Waals surface area contributed by atoms with E-state index in [1.807, 2.05) is 0 Å². The number of fused-ring (bicyclic) bond motifs is 8. The van der Waals surface area contributed by atoms with E-state index in [-0.39, 0.29) is 5.54 Å². The van der Waals surface area contributed by atoms with Crippen LogP contribution in [0.1, 0.15) is 38.7 Å². The molecular formula is C22H22N+. The van der Waals surface area contributed by atoms with Crippen molar-refractivity contribution in [1.82, 2.24) is 0 Å². The summed E-state index contributed by atoms with van der Waals surface area (Å²) in [5, 5.41) is 1.35. The van der Waals surface area contributed by atoms with E-state index in [0.29, 0.717) is 5.41 Å². The molecule has 2 unspecified atom stereocenters. The molecule has 1 heteroatoms. The predicted molar refractivity (Wildman–Crippen MR) is 94.4 cm³/mol. The Morgan fingerprint density at radius 2 is 1.65 bits per heavy atom. The average Bonchev–Trinajstić information content (AvgIpc) is 3.32. The van der Waals surface area contributed by atoms with Gasteiger partial charge in [-0.3, -0.25) is 0 Å². The summed E-state index contributed by atoms with van der Waals surface area (Å²) in [6.45, 7) is 4.73. The second-order valence-corrected chi connectivity index (χ2v) is 7.16. The number of nitrogens with zero attached hydrogens (tertiary/aromatic N) is 1. The summed E-state index contributed by atoms with van der Waals surface area (Å²) in [5.74, 6) is 0. The summed E-state index contributed by atoms with van der Waals surface area (Å²) in [4.78, 5) is 0. The minimum Gasteiger partial charge on any atom is -0.185 e. The maximum atomic E-state index is 2.67. The molecule has 0 N–H and O–H groups in total. The lowest BCUT2D eigenvalue weighted by atomic mass is 9.79. The van der Waals surface area contributed by atoms with Crippen LogP contribution in [0.5, 0.6) is 0 Å². The van der Waals surface area contributed by atoms with Gasteiger partial charge in [-0.05, 0) is 30.2 Å². The van der Waals surface area contributed by atoms with Gasteiger partial charge < -0.3 is 0 Å². The average molecular weight is 300 g/mol. The Hall–Kier alpha value is -2.15. The van der Waals surface area contributed by atoms with Crippen LogP contribution in [0.15, 0.2) is 60.7 Å². The number of rotatable bonds is 2. The number of benzene rings is 2. The lowest BCUT2D eigenvalue weighted by Gasteiger charge is -2.29. The van der Waals surface area contributed by atoms with Gasteiger partial charge in [0.15, 0.2) is 5.54 Å². The summed E-state index contributed by atoms with van der Waals surface area (Å²) in [6, 6.07) is 22.5. The number of pyridine rings is 1. The van der Waals surface area contributed by atoms with Crippen molar-refractivity contribution in [3.8, 4) is 11.3 Å². The number of hydrogen-bond donors (Lipinski definition) is 0. The molecular weight excluding hydrogens is 278 g/mol. The molecule has 1 fully saturated rings. The van der Waals surface area contributed by atoms with Gasteiger partial charge in [0.1, 0.15) is 0 Å². The SMILES string of the molecule is CCC12CC1(CC)[n+]1c(ccc3ccccc31)-c1ccccc12. The molecule has 5 rings (SSSR count). The molecule has 1 saturated carbocycles. The molecule has 0 amide bonds. The van der Waals surface area contributed by atoms with E-state index in [1.165, 1.54) is 41.4 Å². The van der Waals surface area contributed by atoms with Crippen LogP contribution >= 0.6 is 0 Å². The zero-order chi connectivity index (χ0) is 15.7. The summed E-state index contributed by atoms with van der Waals surface area (Å²) in [7, 11) is 0. The molecule has 0 bridgehead atoms. The minimum absolute atomic E-state index is 0.256. The fourth-order valence-corrected chi connectivity index (χ4v) is 5.36. The van der Waals surface area contributed by atoms with E-state index >= 15 is 0 Å². The van der Waals surface area contributed by atoms with Crippen LogP contribution in [-0.4, -0.2) is 0 Å². The largest absolute Gasteiger partial charge is 0.213 e. The summed E-state index contributed by atoms with van der Waals surface area (Å²) in [6.07, 6.45) is 3.68. The Balaban J connectivity index is 1.97. The maximum absolute atomic E-state index is 2.67. The molecule has 114 valence electrons. The van der Waals surface area contributed by atoms with E-state index in [2.05, 4.69) is 79.1 Å². The molecule has 3 aromatic rings. The molecule has 2 atom stereocenters. The van der Waals surface area contributed by atoms with Crippen molar-refractivity contribution in [1.29, 1.82) is 0 Å². The fraction of sp³-hybridized carbons (Fsp3) is 0.318. The van der Waals surface area contributed by atoms with Crippen LogP contribution in [0.3, 0.4) is 0 Å². The Morgan fingerprint density at radius 3 is 2.48 bits per heavy atom. The van der Waals surface area contributed by atoms with Crippen LogP contribution in [0.4, 0.5) is 0 Å². The predicted octanol–water partition coefficient (Wildman–Crippen LogP) is 4.96. The van der Waals surface area contributed by atoms with Crippen molar-refractivity contribution in [3.05, 3.63) is 66.2 Å². The molecule has 2 aliphatic rings. The third-order valence-corrected chi connectivity index (χ3v) is 6.53. The highest BCUT2D eigenvalue weighted by Gasteiger charge is 2.76. The zero-order valence-corrected chi connectivity index (χ0v) is 13.8. The highest BCUT2D eigenvalue weighted by atomic mass is 15.2. The van der Waals surface area contributed by atoms with Crippen LogP contribution in [-0.2, 0) is 11.0 Å². The third kappa shape index (κ3) is 1.37. The molecule has 23 heavy (non-hydrogen) atoms. The first-order chi connectivity index (χ1) is 11.3. The van der Waals surface area contributed by atoms with Crippen LogP contribution in [0.25, 0.3) is 22.2 Å². The highest BCUT2D eigenvalue weighted by Crippen LogP contribution is 2.67. The van der Waals surface area contributed by atoms with E-state index in [1.54, 1.807) is 5.56 Å². The van der Waals surface area contributed by atoms with E-state index in [9.17, 15) is 0 Å². The Bertz CT molecular complexity index is 942. The Kier molecular flexibility index (Phi) is 2.44. The normalized spacial score (nSPS) is 27.2. The molecule has 1 aromatic heterocycles. The van der Waals surface area contributed by atoms with Crippen molar-refractivity contribution in [3.63, 3.8) is 0 Å². The fourth-order valence-electron chi connectivity index (χ4n) is 5.36. The molecule has 0 radical (unpaired) electrons. The summed E-state index contributed by atoms with van der Waals surface area (Å²) in [5.41, 5.74) is 6.35. The van der Waals surface area contributed by atoms with Gasteiger partial charge in [-0.15, -0.1) is 0 Å². The second kappa shape index (κ2) is 4.23. The number of para-hydroxylation sites is 1. The van der Waals surface area contributed by atoms with Crippen LogP contribution < -0.4 is 4.57 Å². The van der Waals surface area contributed by atoms with Gasteiger partial charge in [-0.1, -0.05) is 44.2 Å². The maximum Gasteiger partial charge on any atom is 0.213 e. The smallest absolute Gasteiger partial charge is 0.185 e. The minimum atomic E-state index is 0.256. The van der Waals surface area contributed by atoms with Gasteiger partial charge >= 0.3 is 0 Å². The highest BCUT2D eigenvalue weighted by molar-refractivity contribution is 5.79. The van der Waals surface area contributed by atoms with Crippen LogP contribution in [0, 0.1) is 0 Å². The first kappa shape index (κ1) is 13.3. The van der Waals surface area contributed by atoms with Gasteiger partial charge in [0.2, 0.25) is 11.2 Å². The summed E-state index contributed by atoms with van der Waals surface area (Å²) < 4.78 is 2.67. The zero-order valence-electron chi connectivity index (χ0n) is 13.8. The van der Waals surface area contributed by atoms with Gasteiger partial charge in [0.25, 0.3) is 0 Å². The number of hydrogen-bond acceptors (Lipinski definition) is 0. The first-order valence-electron chi connectivity index (χ1n) is 8.81. The summed E-state index contributed by atoms with van der Waals surface area (Å²) >= 11 is 0. The lowest BCUT2D eigenvalue weighted by molar-refractivity contribution is -0.712. The van der Waals surface area contributed by atoms with Gasteiger partial charge in [-0.2, -0.15) is 4.57 Å². The van der Waals surface area contributed by atoms with Crippen LogP contribution in [0.2, 0.25) is 0 Å².